The van der Waals surface area contributed by atoms with Crippen LogP contribution in [0.2, 0.25) is 0 Å². The molecule has 0 spiro atoms. The van der Waals surface area contributed by atoms with Crippen LogP contribution >= 0.6 is 0 Å². The molecule has 0 heterocycles. The van der Waals surface area contributed by atoms with E-state index < -0.39 is 5.75 Å². The summed E-state index contributed by atoms with van der Waals surface area (Å²) >= 11 is 0. The van der Waals surface area contributed by atoms with E-state index in [1.807, 2.05) is 19.1 Å². The fraction of sp³-hybridized carbons (Fsp3) is 0.333. The predicted molar refractivity (Wildman–Crippen MR) is 85.0 cm³/mol. The van der Waals surface area contributed by atoms with E-state index in [2.05, 4.69) is 19.9 Å². The zero-order valence-electron chi connectivity index (χ0n) is 12.8. The summed E-state index contributed by atoms with van der Waals surface area (Å²) in [6, 6.07) is 7.74. The molecule has 0 unspecified atom stereocenters. The maximum Gasteiger partial charge on any atom is 0.200 e. The molecule has 3 nitrogen and oxygen atoms in total. The fourth-order valence-corrected chi connectivity index (χ4v) is 2.61. The molecule has 21 heavy (non-hydrogen) atoms. The normalized spacial score (nSPS) is 10.8. The molecule has 2 aromatic rings. The molecule has 2 aromatic carbocycles. The molecule has 0 aromatic heterocycles. The summed E-state index contributed by atoms with van der Waals surface area (Å²) in [5, 5.41) is 29.8. The fourth-order valence-electron chi connectivity index (χ4n) is 2.61. The summed E-state index contributed by atoms with van der Waals surface area (Å²) in [5.74, 6) is -0.986. The van der Waals surface area contributed by atoms with Crippen molar-refractivity contribution in [2.75, 3.05) is 0 Å². The van der Waals surface area contributed by atoms with Crippen LogP contribution in [0.25, 0.3) is 11.1 Å². The second kappa shape index (κ2) is 6.08. The van der Waals surface area contributed by atoms with Crippen LogP contribution in [0.15, 0.2) is 24.3 Å². The molecular formula is C18H22O3. The van der Waals surface area contributed by atoms with Crippen molar-refractivity contribution >= 4 is 0 Å². The molecule has 112 valence electrons. The minimum Gasteiger partial charge on any atom is -0.504 e. The van der Waals surface area contributed by atoms with E-state index in [0.29, 0.717) is 12.0 Å². The van der Waals surface area contributed by atoms with Gasteiger partial charge in [-0.1, -0.05) is 39.0 Å². The number of aromatic hydroxyl groups is 3. The van der Waals surface area contributed by atoms with E-state index in [-0.39, 0.29) is 11.5 Å². The summed E-state index contributed by atoms with van der Waals surface area (Å²) < 4.78 is 0. The Hall–Kier alpha value is -2.16. The first-order chi connectivity index (χ1) is 10.0. The lowest BCUT2D eigenvalue weighted by Gasteiger charge is -2.15. The molecule has 0 aliphatic carbocycles. The zero-order chi connectivity index (χ0) is 15.6. The highest BCUT2D eigenvalue weighted by Gasteiger charge is 2.18. The lowest BCUT2D eigenvalue weighted by atomic mass is 9.92. The molecule has 3 N–H and O–H groups in total. The van der Waals surface area contributed by atoms with E-state index in [9.17, 15) is 15.3 Å². The minimum atomic E-state index is -0.456. The first kappa shape index (κ1) is 15.2. The number of benzene rings is 2. The van der Waals surface area contributed by atoms with Crippen LogP contribution in [0.1, 0.15) is 37.5 Å². The number of hydrogen-bond acceptors (Lipinski definition) is 3. The molecule has 0 amide bonds. The van der Waals surface area contributed by atoms with Gasteiger partial charge >= 0.3 is 0 Å². The third-order valence-electron chi connectivity index (χ3n) is 3.87. The maximum absolute atomic E-state index is 10.3. The molecule has 0 saturated heterocycles. The van der Waals surface area contributed by atoms with Crippen molar-refractivity contribution in [2.45, 2.75) is 40.0 Å². The van der Waals surface area contributed by atoms with Gasteiger partial charge in [0.1, 0.15) is 0 Å². The van der Waals surface area contributed by atoms with Crippen molar-refractivity contribution in [1.82, 2.24) is 0 Å². The summed E-state index contributed by atoms with van der Waals surface area (Å²) in [4.78, 5) is 0. The SMILES string of the molecule is CCc1cc(CC)cc(-c2c(CC)cc(O)c(O)c2O)c1. The van der Waals surface area contributed by atoms with Crippen LogP contribution in [0.5, 0.6) is 17.2 Å². The van der Waals surface area contributed by atoms with E-state index in [1.54, 1.807) is 0 Å². The molecule has 0 atom stereocenters. The molecule has 0 fully saturated rings. The number of phenols is 3. The molecule has 3 heteroatoms. The van der Waals surface area contributed by atoms with Crippen molar-refractivity contribution in [3.05, 3.63) is 41.0 Å². The number of rotatable bonds is 4. The summed E-state index contributed by atoms with van der Waals surface area (Å²) in [6.07, 6.45) is 2.48. The molecular weight excluding hydrogens is 264 g/mol. The average Bonchev–Trinajstić information content (AvgIpc) is 2.51. The smallest absolute Gasteiger partial charge is 0.200 e. The Morgan fingerprint density at radius 3 is 1.76 bits per heavy atom. The van der Waals surface area contributed by atoms with Crippen molar-refractivity contribution in [3.63, 3.8) is 0 Å². The lowest BCUT2D eigenvalue weighted by Crippen LogP contribution is -1.93. The van der Waals surface area contributed by atoms with E-state index in [0.717, 1.165) is 24.0 Å². The van der Waals surface area contributed by atoms with Gasteiger partial charge in [0.05, 0.1) is 0 Å². The Labute approximate surface area is 125 Å². The topological polar surface area (TPSA) is 60.7 Å². The van der Waals surface area contributed by atoms with Gasteiger partial charge in [-0.15, -0.1) is 0 Å². The van der Waals surface area contributed by atoms with Gasteiger partial charge in [-0.25, -0.2) is 0 Å². The highest BCUT2D eigenvalue weighted by Crippen LogP contribution is 2.45. The van der Waals surface area contributed by atoms with Crippen LogP contribution in [0, 0.1) is 0 Å². The summed E-state index contributed by atoms with van der Waals surface area (Å²) in [7, 11) is 0. The minimum absolute atomic E-state index is 0.248. The van der Waals surface area contributed by atoms with Gasteiger partial charge in [0.25, 0.3) is 0 Å². The molecule has 0 aliphatic heterocycles. The van der Waals surface area contributed by atoms with Gasteiger partial charge < -0.3 is 15.3 Å². The molecule has 0 saturated carbocycles. The Morgan fingerprint density at radius 1 is 0.714 bits per heavy atom. The van der Waals surface area contributed by atoms with Crippen molar-refractivity contribution in [2.24, 2.45) is 0 Å². The Kier molecular flexibility index (Phi) is 4.41. The predicted octanol–water partition coefficient (Wildman–Crippen LogP) is 4.16. The highest BCUT2D eigenvalue weighted by atomic mass is 16.3. The number of phenolic OH excluding ortho intramolecular Hbond substituents is 3. The molecule has 0 bridgehead atoms. The monoisotopic (exact) mass is 286 g/mol. The Bertz CT molecular complexity index is 638. The summed E-state index contributed by atoms with van der Waals surface area (Å²) in [6.45, 7) is 6.14. The van der Waals surface area contributed by atoms with Crippen LogP contribution in [0.4, 0.5) is 0 Å². The van der Waals surface area contributed by atoms with Gasteiger partial charge in [0.15, 0.2) is 11.5 Å². The van der Waals surface area contributed by atoms with Crippen LogP contribution in [0.3, 0.4) is 0 Å². The van der Waals surface area contributed by atoms with Gasteiger partial charge in [-0.2, -0.15) is 0 Å². The summed E-state index contributed by atoms with van der Waals surface area (Å²) in [5.41, 5.74) is 4.70. The number of hydrogen-bond donors (Lipinski definition) is 3. The maximum atomic E-state index is 10.3. The van der Waals surface area contributed by atoms with Crippen LogP contribution < -0.4 is 0 Å². The van der Waals surface area contributed by atoms with E-state index in [1.165, 1.54) is 17.2 Å². The van der Waals surface area contributed by atoms with Gasteiger partial charge in [0.2, 0.25) is 5.75 Å². The highest BCUT2D eigenvalue weighted by molar-refractivity contribution is 5.79. The lowest BCUT2D eigenvalue weighted by molar-refractivity contribution is 0.368. The van der Waals surface area contributed by atoms with Gasteiger partial charge in [-0.05, 0) is 47.6 Å². The van der Waals surface area contributed by atoms with Crippen molar-refractivity contribution in [3.8, 4) is 28.4 Å². The number of aryl methyl sites for hydroxylation is 3. The van der Waals surface area contributed by atoms with Crippen LogP contribution in [-0.4, -0.2) is 15.3 Å². The Morgan fingerprint density at radius 2 is 1.29 bits per heavy atom. The standard InChI is InChI=1S/C18H22O3/c1-4-11-7-12(5-2)9-14(8-11)16-13(6-3)10-15(19)17(20)18(16)21/h7-10,19-21H,4-6H2,1-3H3. The second-order valence-corrected chi connectivity index (χ2v) is 5.23. The molecule has 0 aliphatic rings. The van der Waals surface area contributed by atoms with Crippen LogP contribution in [-0.2, 0) is 19.3 Å². The van der Waals surface area contributed by atoms with E-state index >= 15 is 0 Å². The quantitative estimate of drug-likeness (QED) is 0.740. The zero-order valence-corrected chi connectivity index (χ0v) is 12.8. The molecule has 2 rings (SSSR count). The third-order valence-corrected chi connectivity index (χ3v) is 3.87. The third kappa shape index (κ3) is 2.82. The second-order valence-electron chi connectivity index (χ2n) is 5.23. The van der Waals surface area contributed by atoms with Gasteiger partial charge in [0, 0.05) is 5.56 Å². The first-order valence-electron chi connectivity index (χ1n) is 7.41. The Balaban J connectivity index is 2.74. The van der Waals surface area contributed by atoms with Crippen molar-refractivity contribution in [1.29, 1.82) is 0 Å². The van der Waals surface area contributed by atoms with E-state index in [4.69, 9.17) is 0 Å². The average molecular weight is 286 g/mol. The molecule has 0 radical (unpaired) electrons. The first-order valence-corrected chi connectivity index (χ1v) is 7.41. The van der Waals surface area contributed by atoms with Gasteiger partial charge in [-0.3, -0.25) is 0 Å². The van der Waals surface area contributed by atoms with Crippen molar-refractivity contribution < 1.29 is 15.3 Å². The largest absolute Gasteiger partial charge is 0.504 e.